The summed E-state index contributed by atoms with van der Waals surface area (Å²) in [6.07, 6.45) is 2.81. The van der Waals surface area contributed by atoms with Gasteiger partial charge in [-0.25, -0.2) is 0 Å². The first kappa shape index (κ1) is 12.7. The van der Waals surface area contributed by atoms with E-state index < -0.39 is 8.07 Å². The Bertz CT molecular complexity index is 56.4. The summed E-state index contributed by atoms with van der Waals surface area (Å²) in [6, 6.07) is 1.50. The average Bonchev–Trinajstić information content (AvgIpc) is 1.59. The maximum absolute atomic E-state index is 2.43. The van der Waals surface area contributed by atoms with Crippen LogP contribution in [0.1, 0.15) is 19.8 Å². The fourth-order valence-electron chi connectivity index (χ4n) is 0.707. The van der Waals surface area contributed by atoms with Crippen LogP contribution in [0.15, 0.2) is 0 Å². The Hall–Kier alpha value is 1.02. The standard InChI is InChI=1S/C7H18Si.Sn.2H/c1-5-6-7-8(2,3)4;;;/h5-7H2,1-4H3;;;. The fraction of sp³-hybridized carbons (Fsp3) is 1.00. The summed E-state index contributed by atoms with van der Waals surface area (Å²) >= 11 is 0. The summed E-state index contributed by atoms with van der Waals surface area (Å²) in [6.45, 7) is 9.56. The first-order valence-corrected chi connectivity index (χ1v) is 7.27. The van der Waals surface area contributed by atoms with E-state index in [1.807, 2.05) is 0 Å². The molecule has 0 aromatic carbocycles. The molecule has 0 amide bonds. The fourth-order valence-corrected chi connectivity index (χ4v) is 2.12. The van der Waals surface area contributed by atoms with E-state index in [9.17, 15) is 0 Å². The molecule has 0 nitrogen and oxygen atoms in total. The molecule has 0 saturated heterocycles. The van der Waals surface area contributed by atoms with E-state index >= 15 is 0 Å². The van der Waals surface area contributed by atoms with Gasteiger partial charge in [-0.05, 0) is 0 Å². The van der Waals surface area contributed by atoms with Crippen molar-refractivity contribution in [3.8, 4) is 0 Å². The molecule has 0 spiro atoms. The number of hydrogen-bond donors (Lipinski definition) is 0. The summed E-state index contributed by atoms with van der Waals surface area (Å²) in [4.78, 5) is 0. The van der Waals surface area contributed by atoms with E-state index in [0.717, 1.165) is 0 Å². The molecular weight excluding hydrogens is 231 g/mol. The molecule has 0 rings (SSSR count). The summed E-state index contributed by atoms with van der Waals surface area (Å²) in [5.74, 6) is 0. The molecule has 0 aromatic heterocycles. The van der Waals surface area contributed by atoms with Crippen LogP contribution in [-0.2, 0) is 0 Å². The van der Waals surface area contributed by atoms with Crippen LogP contribution in [0.2, 0.25) is 25.7 Å². The van der Waals surface area contributed by atoms with Gasteiger partial charge in [0.25, 0.3) is 0 Å². The molecule has 0 atom stereocenters. The predicted octanol–water partition coefficient (Wildman–Crippen LogP) is 2.21. The van der Waals surface area contributed by atoms with Crippen LogP contribution < -0.4 is 0 Å². The molecule has 2 radical (unpaired) electrons. The van der Waals surface area contributed by atoms with Crippen molar-refractivity contribution < 1.29 is 0 Å². The first-order chi connectivity index (χ1) is 3.56. The monoisotopic (exact) mass is 252 g/mol. The van der Waals surface area contributed by atoms with Crippen LogP contribution in [0.25, 0.3) is 0 Å². The second kappa shape index (κ2) is 5.77. The van der Waals surface area contributed by atoms with E-state index in [4.69, 9.17) is 0 Å². The van der Waals surface area contributed by atoms with Gasteiger partial charge in [0.1, 0.15) is 0 Å². The van der Waals surface area contributed by atoms with Gasteiger partial charge < -0.3 is 0 Å². The average molecular weight is 251 g/mol. The Morgan fingerprint density at radius 1 is 1.11 bits per heavy atom. The quantitative estimate of drug-likeness (QED) is 0.674. The molecule has 0 aromatic rings. The molecule has 0 aliphatic rings. The van der Waals surface area contributed by atoms with Gasteiger partial charge in [-0.2, -0.15) is 0 Å². The molecule has 0 aliphatic carbocycles. The van der Waals surface area contributed by atoms with E-state index in [1.54, 1.807) is 0 Å². The Morgan fingerprint density at radius 2 is 1.56 bits per heavy atom. The third-order valence-corrected chi connectivity index (χ3v) is 3.13. The van der Waals surface area contributed by atoms with Crippen molar-refractivity contribution in [1.82, 2.24) is 0 Å². The molecule has 0 aliphatic heterocycles. The van der Waals surface area contributed by atoms with Gasteiger partial charge in [0.15, 0.2) is 0 Å². The summed E-state index contributed by atoms with van der Waals surface area (Å²) < 4.78 is 0. The Balaban J connectivity index is 0. The van der Waals surface area contributed by atoms with Gasteiger partial charge in [-0.3, -0.25) is 0 Å². The SMILES string of the molecule is CCCC[Si](C)(C)C.[SnH2]. The van der Waals surface area contributed by atoms with E-state index in [1.165, 1.54) is 18.9 Å². The van der Waals surface area contributed by atoms with Gasteiger partial charge in [-0.15, -0.1) is 0 Å². The molecule has 9 heavy (non-hydrogen) atoms. The van der Waals surface area contributed by atoms with E-state index in [-0.39, 0.29) is 23.9 Å². The van der Waals surface area contributed by atoms with Gasteiger partial charge in [0.2, 0.25) is 0 Å². The number of unbranched alkanes of at least 4 members (excludes halogenated alkanes) is 1. The van der Waals surface area contributed by atoms with Crippen LogP contribution in [0.4, 0.5) is 0 Å². The van der Waals surface area contributed by atoms with Crippen molar-refractivity contribution in [2.75, 3.05) is 0 Å². The van der Waals surface area contributed by atoms with Gasteiger partial charge in [0, 0.05) is 8.07 Å². The van der Waals surface area contributed by atoms with Crippen molar-refractivity contribution >= 4 is 32.0 Å². The van der Waals surface area contributed by atoms with Crippen molar-refractivity contribution in [3.63, 3.8) is 0 Å². The third kappa shape index (κ3) is 12.3. The van der Waals surface area contributed by atoms with Crippen LogP contribution >= 0.6 is 0 Å². The van der Waals surface area contributed by atoms with Crippen molar-refractivity contribution in [1.29, 1.82) is 0 Å². The van der Waals surface area contributed by atoms with Gasteiger partial charge >= 0.3 is 23.9 Å². The normalized spacial score (nSPS) is 10.7. The van der Waals surface area contributed by atoms with Crippen LogP contribution in [-0.4, -0.2) is 32.0 Å². The van der Waals surface area contributed by atoms with Crippen LogP contribution in [0, 0.1) is 0 Å². The summed E-state index contributed by atoms with van der Waals surface area (Å²) in [5.41, 5.74) is 0. The molecule has 0 N–H and O–H groups in total. The summed E-state index contributed by atoms with van der Waals surface area (Å²) in [7, 11) is -0.678. The zero-order valence-electron chi connectivity index (χ0n) is 7.33. The molecule has 0 saturated carbocycles. The Labute approximate surface area is 77.4 Å². The van der Waals surface area contributed by atoms with Crippen LogP contribution in [0.3, 0.4) is 0 Å². The maximum atomic E-state index is 2.43. The van der Waals surface area contributed by atoms with Crippen molar-refractivity contribution in [2.45, 2.75) is 45.5 Å². The van der Waals surface area contributed by atoms with Crippen molar-refractivity contribution in [2.24, 2.45) is 0 Å². The second-order valence-corrected chi connectivity index (χ2v) is 9.29. The molecular formula is C7H20SiSn. The Kier molecular flexibility index (Phi) is 8.13. The topological polar surface area (TPSA) is 0 Å². The van der Waals surface area contributed by atoms with Gasteiger partial charge in [0.05, 0.1) is 0 Å². The van der Waals surface area contributed by atoms with E-state index in [0.29, 0.717) is 0 Å². The minimum atomic E-state index is -0.678. The van der Waals surface area contributed by atoms with Gasteiger partial charge in [-0.1, -0.05) is 45.5 Å². The predicted molar refractivity (Wildman–Crippen MR) is 51.6 cm³/mol. The molecule has 0 heterocycles. The number of hydrogen-bond acceptors (Lipinski definition) is 0. The molecule has 2 heteroatoms. The third-order valence-electron chi connectivity index (χ3n) is 1.28. The zero-order chi connectivity index (χ0) is 6.62. The summed E-state index contributed by atoms with van der Waals surface area (Å²) in [5, 5.41) is 0. The number of rotatable bonds is 3. The molecule has 0 unspecified atom stereocenters. The first-order valence-electron chi connectivity index (χ1n) is 3.56. The minimum absolute atomic E-state index is 0. The molecule has 56 valence electrons. The van der Waals surface area contributed by atoms with Crippen molar-refractivity contribution in [3.05, 3.63) is 0 Å². The molecule has 0 bridgehead atoms. The zero-order valence-corrected chi connectivity index (χ0v) is 12.4. The van der Waals surface area contributed by atoms with E-state index in [2.05, 4.69) is 26.6 Å². The second-order valence-electron chi connectivity index (χ2n) is 3.66. The molecule has 0 fully saturated rings. The Morgan fingerprint density at radius 3 is 1.67 bits per heavy atom. The van der Waals surface area contributed by atoms with Crippen LogP contribution in [0.5, 0.6) is 0 Å².